The number of halogens is 1. The van der Waals surface area contributed by atoms with E-state index in [2.05, 4.69) is 21.2 Å². The molecule has 1 saturated carbocycles. The summed E-state index contributed by atoms with van der Waals surface area (Å²) in [6.45, 7) is 0.455. The number of hydrogen-bond acceptors (Lipinski definition) is 2. The summed E-state index contributed by atoms with van der Waals surface area (Å²) in [5, 5.41) is 12.0. The lowest BCUT2D eigenvalue weighted by Gasteiger charge is -2.12. The Morgan fingerprint density at radius 2 is 2.12 bits per heavy atom. The van der Waals surface area contributed by atoms with Crippen molar-refractivity contribution in [3.05, 3.63) is 34.3 Å². The number of carbonyl (C=O) groups is 1. The summed E-state index contributed by atoms with van der Waals surface area (Å²) in [6, 6.07) is 7.78. The van der Waals surface area contributed by atoms with Crippen LogP contribution in [0.15, 0.2) is 28.7 Å². The Bertz CT molecular complexity index is 402. The predicted molar refractivity (Wildman–Crippen MR) is 64.7 cm³/mol. The Labute approximate surface area is 103 Å². The van der Waals surface area contributed by atoms with Gasteiger partial charge in [0.25, 0.3) is 0 Å². The molecule has 1 aliphatic rings. The normalized spacial score (nSPS) is 16.9. The molecule has 1 fully saturated rings. The number of aliphatic hydroxyl groups is 1. The summed E-state index contributed by atoms with van der Waals surface area (Å²) >= 11 is 3.43. The van der Waals surface area contributed by atoms with Crippen LogP contribution < -0.4 is 5.32 Å². The van der Waals surface area contributed by atoms with Crippen molar-refractivity contribution >= 4 is 21.8 Å². The molecule has 0 radical (unpaired) electrons. The maximum Gasteiger partial charge on any atom is 0.228 e. The molecule has 4 heteroatoms. The van der Waals surface area contributed by atoms with Crippen LogP contribution in [0, 0.1) is 5.41 Å². The number of benzene rings is 1. The number of nitrogens with one attached hydrogen (secondary N) is 1. The zero-order valence-electron chi connectivity index (χ0n) is 8.87. The Morgan fingerprint density at radius 1 is 1.44 bits per heavy atom. The summed E-state index contributed by atoms with van der Waals surface area (Å²) in [7, 11) is 0. The average Bonchev–Trinajstić information content (AvgIpc) is 3.08. The van der Waals surface area contributed by atoms with Gasteiger partial charge in [-0.25, -0.2) is 0 Å². The first kappa shape index (κ1) is 11.6. The smallest absolute Gasteiger partial charge is 0.228 e. The third-order valence-corrected chi connectivity index (χ3v) is 3.81. The maximum atomic E-state index is 11.8. The molecule has 1 aromatic carbocycles. The third-order valence-electron chi connectivity index (χ3n) is 3.04. The van der Waals surface area contributed by atoms with Crippen LogP contribution in [0.3, 0.4) is 0 Å². The second-order valence-electron chi connectivity index (χ2n) is 4.21. The van der Waals surface area contributed by atoms with Gasteiger partial charge in [0, 0.05) is 11.0 Å². The van der Waals surface area contributed by atoms with Crippen LogP contribution in [-0.4, -0.2) is 17.6 Å². The fraction of sp³-hybridized carbons (Fsp3) is 0.417. The topological polar surface area (TPSA) is 49.3 Å². The molecular formula is C12H14BrNO2. The van der Waals surface area contributed by atoms with Crippen LogP contribution >= 0.6 is 15.9 Å². The first-order valence-corrected chi connectivity index (χ1v) is 6.10. The maximum absolute atomic E-state index is 11.8. The minimum atomic E-state index is -0.485. The number of carbonyl (C=O) groups excluding carboxylic acids is 1. The quantitative estimate of drug-likeness (QED) is 0.886. The Hall–Kier alpha value is -0.870. The number of rotatable bonds is 4. The van der Waals surface area contributed by atoms with E-state index in [0.717, 1.165) is 22.9 Å². The van der Waals surface area contributed by atoms with E-state index in [1.165, 1.54) is 0 Å². The van der Waals surface area contributed by atoms with Crippen molar-refractivity contribution in [3.63, 3.8) is 0 Å². The van der Waals surface area contributed by atoms with Crippen molar-refractivity contribution in [1.29, 1.82) is 0 Å². The first-order valence-electron chi connectivity index (χ1n) is 5.30. The van der Waals surface area contributed by atoms with Crippen molar-refractivity contribution in [2.75, 3.05) is 6.61 Å². The van der Waals surface area contributed by atoms with Gasteiger partial charge in [-0.2, -0.15) is 0 Å². The van der Waals surface area contributed by atoms with E-state index >= 15 is 0 Å². The van der Waals surface area contributed by atoms with Gasteiger partial charge in [0.15, 0.2) is 0 Å². The van der Waals surface area contributed by atoms with E-state index in [1.807, 2.05) is 24.3 Å². The van der Waals surface area contributed by atoms with E-state index in [0.29, 0.717) is 6.54 Å². The fourth-order valence-corrected chi connectivity index (χ4v) is 2.04. The molecule has 1 aromatic rings. The molecular weight excluding hydrogens is 270 g/mol. The first-order chi connectivity index (χ1) is 7.68. The Kier molecular flexibility index (Phi) is 3.30. The second kappa shape index (κ2) is 4.55. The van der Waals surface area contributed by atoms with Crippen LogP contribution in [0.5, 0.6) is 0 Å². The van der Waals surface area contributed by atoms with E-state index in [9.17, 15) is 4.79 Å². The van der Waals surface area contributed by atoms with Gasteiger partial charge in [-0.3, -0.25) is 4.79 Å². The summed E-state index contributed by atoms with van der Waals surface area (Å²) < 4.78 is 0.990. The lowest BCUT2D eigenvalue weighted by Crippen LogP contribution is -2.33. The summed E-state index contributed by atoms with van der Waals surface area (Å²) in [5.41, 5.74) is 0.561. The highest BCUT2D eigenvalue weighted by molar-refractivity contribution is 9.10. The summed E-state index contributed by atoms with van der Waals surface area (Å²) in [5.74, 6) is -0.0363. The Morgan fingerprint density at radius 3 is 2.69 bits per heavy atom. The highest BCUT2D eigenvalue weighted by Gasteiger charge is 2.49. The minimum absolute atomic E-state index is 0.0363. The summed E-state index contributed by atoms with van der Waals surface area (Å²) in [4.78, 5) is 11.8. The van der Waals surface area contributed by atoms with Crippen LogP contribution in [0.25, 0.3) is 0 Å². The van der Waals surface area contributed by atoms with Crippen molar-refractivity contribution < 1.29 is 9.90 Å². The second-order valence-corrected chi connectivity index (χ2v) is 5.07. The van der Waals surface area contributed by atoms with Crippen molar-refractivity contribution in [2.45, 2.75) is 19.4 Å². The lowest BCUT2D eigenvalue weighted by molar-refractivity contribution is -0.127. The van der Waals surface area contributed by atoms with Crippen LogP contribution in [-0.2, 0) is 11.3 Å². The van der Waals surface area contributed by atoms with Gasteiger partial charge in [0.1, 0.15) is 0 Å². The molecule has 0 unspecified atom stereocenters. The SMILES string of the molecule is O=C(NCc1ccccc1Br)C1(CO)CC1. The zero-order valence-corrected chi connectivity index (χ0v) is 10.5. The molecule has 16 heavy (non-hydrogen) atoms. The van der Waals surface area contributed by atoms with Gasteiger partial charge in [0.2, 0.25) is 5.91 Å². The molecule has 0 saturated heterocycles. The molecule has 0 aliphatic heterocycles. The largest absolute Gasteiger partial charge is 0.395 e. The molecule has 0 aromatic heterocycles. The fourth-order valence-electron chi connectivity index (χ4n) is 1.61. The van der Waals surface area contributed by atoms with Gasteiger partial charge in [-0.1, -0.05) is 34.1 Å². The molecule has 3 nitrogen and oxygen atoms in total. The molecule has 1 aliphatic carbocycles. The van der Waals surface area contributed by atoms with Gasteiger partial charge in [-0.05, 0) is 24.5 Å². The van der Waals surface area contributed by atoms with E-state index in [4.69, 9.17) is 5.11 Å². The van der Waals surface area contributed by atoms with Gasteiger partial charge in [-0.15, -0.1) is 0 Å². The molecule has 0 heterocycles. The highest BCUT2D eigenvalue weighted by atomic mass is 79.9. The zero-order chi connectivity index (χ0) is 11.6. The monoisotopic (exact) mass is 283 g/mol. The molecule has 86 valence electrons. The van der Waals surface area contributed by atoms with Gasteiger partial charge in [0.05, 0.1) is 12.0 Å². The van der Waals surface area contributed by atoms with E-state index in [-0.39, 0.29) is 12.5 Å². The van der Waals surface area contributed by atoms with Crippen LogP contribution in [0.2, 0.25) is 0 Å². The van der Waals surface area contributed by atoms with Crippen molar-refractivity contribution in [1.82, 2.24) is 5.32 Å². The highest BCUT2D eigenvalue weighted by Crippen LogP contribution is 2.45. The van der Waals surface area contributed by atoms with Gasteiger partial charge < -0.3 is 10.4 Å². The number of hydrogen-bond donors (Lipinski definition) is 2. The summed E-state index contributed by atoms with van der Waals surface area (Å²) in [6.07, 6.45) is 1.59. The molecule has 0 spiro atoms. The minimum Gasteiger partial charge on any atom is -0.395 e. The Balaban J connectivity index is 1.93. The van der Waals surface area contributed by atoms with Crippen LogP contribution in [0.1, 0.15) is 18.4 Å². The molecule has 0 atom stereocenters. The van der Waals surface area contributed by atoms with E-state index < -0.39 is 5.41 Å². The number of aliphatic hydroxyl groups excluding tert-OH is 1. The van der Waals surface area contributed by atoms with Crippen molar-refractivity contribution in [2.24, 2.45) is 5.41 Å². The predicted octanol–water partition coefficient (Wildman–Crippen LogP) is 1.84. The molecule has 0 bridgehead atoms. The molecule has 2 rings (SSSR count). The molecule has 2 N–H and O–H groups in total. The van der Waals surface area contributed by atoms with E-state index in [1.54, 1.807) is 0 Å². The average molecular weight is 284 g/mol. The lowest BCUT2D eigenvalue weighted by atomic mass is 10.1. The number of amides is 1. The molecule has 1 amide bonds. The third kappa shape index (κ3) is 2.28. The van der Waals surface area contributed by atoms with Gasteiger partial charge >= 0.3 is 0 Å². The van der Waals surface area contributed by atoms with Crippen molar-refractivity contribution in [3.8, 4) is 0 Å². The standard InChI is InChI=1S/C12H14BrNO2/c13-10-4-2-1-3-9(10)7-14-11(16)12(8-15)5-6-12/h1-4,15H,5-8H2,(H,14,16). The van der Waals surface area contributed by atoms with Crippen LogP contribution in [0.4, 0.5) is 0 Å².